The van der Waals surface area contributed by atoms with Gasteiger partial charge in [-0.15, -0.1) is 0 Å². The van der Waals surface area contributed by atoms with E-state index in [9.17, 15) is 14.9 Å². The number of cyclic esters (lactones) is 1. The lowest BCUT2D eigenvalue weighted by Gasteiger charge is -2.26. The van der Waals surface area contributed by atoms with Crippen LogP contribution < -0.4 is 9.80 Å². The Hall–Kier alpha value is -4.39. The van der Waals surface area contributed by atoms with Gasteiger partial charge in [-0.1, -0.05) is 23.4 Å². The van der Waals surface area contributed by atoms with Gasteiger partial charge in [-0.2, -0.15) is 5.26 Å². The summed E-state index contributed by atoms with van der Waals surface area (Å²) in [5.41, 5.74) is 2.23. The summed E-state index contributed by atoms with van der Waals surface area (Å²) in [5, 5.41) is 13.2. The average molecular weight is 502 g/mol. The van der Waals surface area contributed by atoms with Gasteiger partial charge in [0.25, 0.3) is 0 Å². The maximum atomic E-state index is 12.8. The van der Waals surface area contributed by atoms with E-state index in [2.05, 4.69) is 16.2 Å². The van der Waals surface area contributed by atoms with Crippen molar-refractivity contribution in [1.82, 2.24) is 10.1 Å². The van der Waals surface area contributed by atoms with Crippen LogP contribution in [0.2, 0.25) is 0 Å². The van der Waals surface area contributed by atoms with Gasteiger partial charge in [0.1, 0.15) is 18.0 Å². The highest BCUT2D eigenvalue weighted by Crippen LogP contribution is 2.46. The summed E-state index contributed by atoms with van der Waals surface area (Å²) >= 11 is 0. The zero-order valence-electron chi connectivity index (χ0n) is 20.9. The fraction of sp³-hybridized carbons (Fsp3) is 0.370. The van der Waals surface area contributed by atoms with Crippen LogP contribution in [0, 0.1) is 11.3 Å². The fourth-order valence-corrected chi connectivity index (χ4v) is 4.19. The number of carbonyl (C=O) groups is 2. The van der Waals surface area contributed by atoms with Crippen LogP contribution in [0.3, 0.4) is 0 Å². The van der Waals surface area contributed by atoms with Crippen molar-refractivity contribution in [3.05, 3.63) is 60.6 Å². The second-order valence-electron chi connectivity index (χ2n) is 10.2. The maximum Gasteiger partial charge on any atom is 0.416 e. The minimum absolute atomic E-state index is 0.0595. The molecule has 0 radical (unpaired) electrons. The van der Waals surface area contributed by atoms with Crippen molar-refractivity contribution < 1.29 is 23.6 Å². The topological polar surface area (TPSA) is 122 Å². The van der Waals surface area contributed by atoms with Gasteiger partial charge in [-0.05, 0) is 57.4 Å². The number of benzene rings is 1. The molecule has 10 nitrogen and oxygen atoms in total. The first-order valence-corrected chi connectivity index (χ1v) is 12.0. The Morgan fingerprint density at radius 1 is 1.19 bits per heavy atom. The van der Waals surface area contributed by atoms with Crippen LogP contribution in [0.1, 0.15) is 39.3 Å². The molecule has 1 atom stereocenters. The number of nitrogens with zero attached hydrogens (tertiary/aromatic N) is 5. The molecule has 2 fully saturated rings. The van der Waals surface area contributed by atoms with E-state index in [1.165, 1.54) is 16.1 Å². The van der Waals surface area contributed by atoms with Gasteiger partial charge in [0, 0.05) is 23.5 Å². The van der Waals surface area contributed by atoms with Crippen molar-refractivity contribution in [2.24, 2.45) is 0 Å². The van der Waals surface area contributed by atoms with Crippen LogP contribution in [0.4, 0.5) is 21.1 Å². The zero-order chi connectivity index (χ0) is 26.2. The highest BCUT2D eigenvalue weighted by molar-refractivity contribution is 5.91. The maximum absolute atomic E-state index is 12.8. The second-order valence-corrected chi connectivity index (χ2v) is 10.2. The van der Waals surface area contributed by atoms with E-state index in [0.717, 1.165) is 29.7 Å². The third-order valence-electron chi connectivity index (χ3n) is 6.31. The molecule has 0 N–H and O–H groups in total. The molecule has 3 heterocycles. The van der Waals surface area contributed by atoms with E-state index in [1.807, 2.05) is 36.4 Å². The standard InChI is InChI=1S/C27H27N5O5/c1-26(2,3)37-25(34)32(23-10-13-35-30-23)16-21-15-31(24(33)36-21)20-7-4-18(5-8-20)19-6-9-22(29-14-19)27(17-28)11-12-27/h4-10,13-14,21H,11-12,15-16H2,1-3H3/t21-/m1/s1. The van der Waals surface area contributed by atoms with Crippen LogP contribution >= 0.6 is 0 Å². The Balaban J connectivity index is 1.26. The molecule has 1 aromatic carbocycles. The lowest BCUT2D eigenvalue weighted by molar-refractivity contribution is 0.0556. The van der Waals surface area contributed by atoms with Crippen molar-refractivity contribution >= 4 is 23.7 Å². The molecule has 0 unspecified atom stereocenters. The van der Waals surface area contributed by atoms with E-state index in [-0.39, 0.29) is 18.9 Å². The van der Waals surface area contributed by atoms with E-state index in [1.54, 1.807) is 33.0 Å². The predicted octanol–water partition coefficient (Wildman–Crippen LogP) is 5.06. The molecule has 37 heavy (non-hydrogen) atoms. The van der Waals surface area contributed by atoms with E-state index in [4.69, 9.17) is 14.0 Å². The summed E-state index contributed by atoms with van der Waals surface area (Å²) in [5.74, 6) is 0.273. The Bertz CT molecular complexity index is 1320. The van der Waals surface area contributed by atoms with Crippen molar-refractivity contribution in [3.63, 3.8) is 0 Å². The predicted molar refractivity (Wildman–Crippen MR) is 134 cm³/mol. The number of pyridine rings is 1. The molecule has 0 spiro atoms. The molecule has 1 saturated heterocycles. The van der Waals surface area contributed by atoms with Crippen molar-refractivity contribution in [2.75, 3.05) is 22.9 Å². The molecule has 0 bridgehead atoms. The van der Waals surface area contributed by atoms with Gasteiger partial charge in [-0.25, -0.2) is 9.59 Å². The Morgan fingerprint density at radius 2 is 1.92 bits per heavy atom. The summed E-state index contributed by atoms with van der Waals surface area (Å²) in [6.45, 7) is 5.62. The van der Waals surface area contributed by atoms with Gasteiger partial charge >= 0.3 is 12.2 Å². The first kappa shape index (κ1) is 24.3. The summed E-state index contributed by atoms with van der Waals surface area (Å²) in [6, 6.07) is 15.3. The van der Waals surface area contributed by atoms with Crippen molar-refractivity contribution in [3.8, 4) is 17.2 Å². The largest absolute Gasteiger partial charge is 0.443 e. The minimum atomic E-state index is -0.704. The van der Waals surface area contributed by atoms with Gasteiger partial charge in [-0.3, -0.25) is 14.8 Å². The van der Waals surface area contributed by atoms with Crippen LogP contribution in [-0.4, -0.2) is 47.1 Å². The Kier molecular flexibility index (Phi) is 6.07. The summed E-state index contributed by atoms with van der Waals surface area (Å²) in [6.07, 6.45) is 3.14. The van der Waals surface area contributed by atoms with Gasteiger partial charge in [0.15, 0.2) is 5.82 Å². The van der Waals surface area contributed by atoms with E-state index >= 15 is 0 Å². The van der Waals surface area contributed by atoms with Gasteiger partial charge in [0.2, 0.25) is 0 Å². The molecule has 10 heteroatoms. The van der Waals surface area contributed by atoms with Gasteiger partial charge < -0.3 is 14.0 Å². The second kappa shape index (κ2) is 9.24. The molecule has 3 aromatic rings. The SMILES string of the molecule is CC(C)(C)OC(=O)N(C[C@H]1CN(c2ccc(-c3ccc(C4(C#N)CC4)nc3)cc2)C(=O)O1)c1ccon1. The monoisotopic (exact) mass is 501 g/mol. The number of ether oxygens (including phenoxy) is 2. The molecule has 2 amide bonds. The lowest BCUT2D eigenvalue weighted by atomic mass is 10.0. The average Bonchev–Trinajstić information content (AvgIpc) is 3.30. The number of nitriles is 1. The molecule has 2 aromatic heterocycles. The third kappa shape index (κ3) is 5.11. The van der Waals surface area contributed by atoms with Crippen molar-refractivity contribution in [1.29, 1.82) is 5.26 Å². The Morgan fingerprint density at radius 3 is 2.49 bits per heavy atom. The minimum Gasteiger partial charge on any atom is -0.443 e. The molecule has 5 rings (SSSR count). The first-order chi connectivity index (χ1) is 17.7. The smallest absolute Gasteiger partial charge is 0.416 e. The summed E-state index contributed by atoms with van der Waals surface area (Å²) in [7, 11) is 0. The molecule has 2 aliphatic rings. The highest BCUT2D eigenvalue weighted by Gasteiger charge is 2.46. The number of aromatic nitrogens is 2. The zero-order valence-corrected chi connectivity index (χ0v) is 20.9. The number of hydrogen-bond donors (Lipinski definition) is 0. The number of carbonyl (C=O) groups excluding carboxylic acids is 2. The van der Waals surface area contributed by atoms with Crippen LogP contribution in [-0.2, 0) is 14.9 Å². The molecule has 1 aliphatic carbocycles. The molecule has 1 aliphatic heterocycles. The number of hydrogen-bond acceptors (Lipinski definition) is 8. The number of rotatable bonds is 6. The fourth-order valence-electron chi connectivity index (χ4n) is 4.19. The normalized spacial score (nSPS) is 18.2. The van der Waals surface area contributed by atoms with E-state index < -0.39 is 29.3 Å². The summed E-state index contributed by atoms with van der Waals surface area (Å²) in [4.78, 5) is 32.8. The number of anilines is 2. The van der Waals surface area contributed by atoms with E-state index in [0.29, 0.717) is 5.69 Å². The third-order valence-corrected chi connectivity index (χ3v) is 6.31. The number of amides is 2. The molecule has 190 valence electrons. The first-order valence-electron chi connectivity index (χ1n) is 12.0. The summed E-state index contributed by atoms with van der Waals surface area (Å²) < 4.78 is 15.9. The van der Waals surface area contributed by atoms with Crippen LogP contribution in [0.15, 0.2) is 59.4 Å². The quantitative estimate of drug-likeness (QED) is 0.459. The van der Waals surface area contributed by atoms with Crippen LogP contribution in [0.5, 0.6) is 0 Å². The van der Waals surface area contributed by atoms with Crippen molar-refractivity contribution in [2.45, 2.75) is 50.7 Å². The molecular weight excluding hydrogens is 474 g/mol. The molecular formula is C27H27N5O5. The highest BCUT2D eigenvalue weighted by atomic mass is 16.6. The lowest BCUT2D eigenvalue weighted by Crippen LogP contribution is -2.42. The van der Waals surface area contributed by atoms with Crippen LogP contribution in [0.25, 0.3) is 11.1 Å². The molecule has 1 saturated carbocycles. The Labute approximate surface area is 214 Å². The van der Waals surface area contributed by atoms with Gasteiger partial charge in [0.05, 0.1) is 30.3 Å².